The Bertz CT molecular complexity index is 1680. The minimum Gasteiger partial charge on any atom is -0.507 e. The number of ketones is 1. The number of aliphatic hydroxyl groups excluding tert-OH is 1. The van der Waals surface area contributed by atoms with Crippen molar-refractivity contribution in [1.82, 2.24) is 4.98 Å². The molecule has 0 radical (unpaired) electrons. The van der Waals surface area contributed by atoms with Crippen LogP contribution in [0, 0.1) is 5.82 Å². The van der Waals surface area contributed by atoms with Gasteiger partial charge in [-0.05, 0) is 73.0 Å². The third-order valence-corrected chi connectivity index (χ3v) is 8.12. The molecule has 204 valence electrons. The number of aliphatic hydroxyl groups is 1. The Labute approximate surface area is 234 Å². The number of thiazole rings is 1. The van der Waals surface area contributed by atoms with Crippen LogP contribution in [0.4, 0.5) is 9.52 Å². The lowest BCUT2D eigenvalue weighted by atomic mass is 9.94. The lowest BCUT2D eigenvalue weighted by Gasteiger charge is -2.23. The van der Waals surface area contributed by atoms with E-state index in [1.807, 2.05) is 13.0 Å². The van der Waals surface area contributed by atoms with Crippen molar-refractivity contribution < 1.29 is 28.6 Å². The molecule has 3 aromatic carbocycles. The zero-order valence-corrected chi connectivity index (χ0v) is 22.8. The van der Waals surface area contributed by atoms with Crippen LogP contribution in [0.15, 0.2) is 66.2 Å². The lowest BCUT2D eigenvalue weighted by molar-refractivity contribution is -0.132. The molecule has 7 nitrogen and oxygen atoms in total. The number of hydrogen-bond donors (Lipinski definition) is 1. The van der Waals surface area contributed by atoms with Crippen LogP contribution in [0.25, 0.3) is 16.0 Å². The maximum absolute atomic E-state index is 13.9. The van der Waals surface area contributed by atoms with Crippen LogP contribution >= 0.6 is 11.3 Å². The van der Waals surface area contributed by atoms with Gasteiger partial charge in [-0.15, -0.1) is 0 Å². The van der Waals surface area contributed by atoms with Crippen molar-refractivity contribution in [1.29, 1.82) is 0 Å². The van der Waals surface area contributed by atoms with Gasteiger partial charge in [0.15, 0.2) is 5.13 Å². The SMILES string of the molecule is CCCCOc1cccc([C@H]2C(=C(O)c3ccc4c(c3)C[C@H](C)O4)C(=O)C(=O)N2c2nc3ccc(F)cc3s2)c1. The van der Waals surface area contributed by atoms with Crippen LogP contribution in [0.1, 0.15) is 49.4 Å². The summed E-state index contributed by atoms with van der Waals surface area (Å²) >= 11 is 1.11. The fourth-order valence-corrected chi connectivity index (χ4v) is 6.19. The highest BCUT2D eigenvalue weighted by molar-refractivity contribution is 7.22. The summed E-state index contributed by atoms with van der Waals surface area (Å²) in [6.07, 6.45) is 2.54. The van der Waals surface area contributed by atoms with E-state index < -0.39 is 23.5 Å². The Kier molecular flexibility index (Phi) is 6.75. The summed E-state index contributed by atoms with van der Waals surface area (Å²) in [4.78, 5) is 33.0. The molecule has 3 heterocycles. The van der Waals surface area contributed by atoms with Gasteiger partial charge in [-0.3, -0.25) is 14.5 Å². The summed E-state index contributed by atoms with van der Waals surface area (Å²) in [6.45, 7) is 4.56. The van der Waals surface area contributed by atoms with Crippen molar-refractivity contribution >= 4 is 44.1 Å². The molecule has 6 rings (SSSR count). The maximum Gasteiger partial charge on any atom is 0.301 e. The van der Waals surface area contributed by atoms with Crippen LogP contribution in [0.2, 0.25) is 0 Å². The first-order chi connectivity index (χ1) is 19.3. The van der Waals surface area contributed by atoms with E-state index in [2.05, 4.69) is 11.9 Å². The summed E-state index contributed by atoms with van der Waals surface area (Å²) < 4.78 is 26.2. The third kappa shape index (κ3) is 4.60. The molecular formula is C31H27FN2O5S. The number of nitrogens with zero attached hydrogens (tertiary/aromatic N) is 2. The number of unbranched alkanes of at least 4 members (excludes halogenated alkanes) is 1. The zero-order valence-electron chi connectivity index (χ0n) is 22.0. The molecule has 1 aromatic heterocycles. The molecule has 1 saturated heterocycles. The second-order valence-electron chi connectivity index (χ2n) is 10.0. The number of aromatic nitrogens is 1. The summed E-state index contributed by atoms with van der Waals surface area (Å²) in [6, 6.07) is 15.6. The van der Waals surface area contributed by atoms with Crippen molar-refractivity contribution in [2.24, 2.45) is 0 Å². The van der Waals surface area contributed by atoms with Gasteiger partial charge in [-0.25, -0.2) is 9.37 Å². The molecule has 2 atom stereocenters. The fraction of sp³-hybridized carbons (Fsp3) is 0.258. The summed E-state index contributed by atoms with van der Waals surface area (Å²) in [5, 5.41) is 11.8. The number of carbonyl (C=O) groups excluding carboxylic acids is 2. The summed E-state index contributed by atoms with van der Waals surface area (Å²) in [7, 11) is 0. The van der Waals surface area contributed by atoms with Crippen molar-refractivity contribution in [2.45, 2.75) is 45.3 Å². The average Bonchev–Trinajstić information content (AvgIpc) is 3.60. The van der Waals surface area contributed by atoms with Gasteiger partial charge < -0.3 is 14.6 Å². The van der Waals surface area contributed by atoms with Crippen LogP contribution in [-0.4, -0.2) is 34.5 Å². The number of fused-ring (bicyclic) bond motifs is 2. The second kappa shape index (κ2) is 10.4. The second-order valence-corrected chi connectivity index (χ2v) is 11.0. The summed E-state index contributed by atoms with van der Waals surface area (Å²) in [5.41, 5.74) is 2.38. The number of Topliss-reactive ketones (excluding diaryl/α,β-unsaturated/α-hetero) is 1. The number of ether oxygens (including phenoxy) is 2. The van der Waals surface area contributed by atoms with Gasteiger partial charge in [0.05, 0.1) is 28.4 Å². The van der Waals surface area contributed by atoms with Crippen LogP contribution < -0.4 is 14.4 Å². The Morgan fingerprint density at radius 2 is 2.02 bits per heavy atom. The molecule has 2 aliphatic rings. The Morgan fingerprint density at radius 3 is 2.85 bits per heavy atom. The van der Waals surface area contributed by atoms with Crippen LogP contribution in [0.3, 0.4) is 0 Å². The van der Waals surface area contributed by atoms with E-state index in [1.54, 1.807) is 36.4 Å². The molecule has 0 saturated carbocycles. The van der Waals surface area contributed by atoms with E-state index in [0.717, 1.165) is 35.5 Å². The first kappa shape index (κ1) is 26.0. The molecule has 4 aromatic rings. The molecule has 40 heavy (non-hydrogen) atoms. The lowest BCUT2D eigenvalue weighted by Crippen LogP contribution is -2.29. The van der Waals surface area contributed by atoms with E-state index in [-0.39, 0.29) is 22.6 Å². The third-order valence-electron chi connectivity index (χ3n) is 7.10. The van der Waals surface area contributed by atoms with Gasteiger partial charge in [-0.1, -0.05) is 36.8 Å². The fourth-order valence-electron chi connectivity index (χ4n) is 5.17. The smallest absolute Gasteiger partial charge is 0.301 e. The van der Waals surface area contributed by atoms with Gasteiger partial charge in [0.1, 0.15) is 29.2 Å². The highest BCUT2D eigenvalue weighted by Crippen LogP contribution is 2.45. The number of carbonyl (C=O) groups is 2. The van der Waals surface area contributed by atoms with E-state index in [1.165, 1.54) is 23.1 Å². The minimum absolute atomic E-state index is 0.0114. The molecule has 0 bridgehead atoms. The molecule has 0 unspecified atom stereocenters. The van der Waals surface area contributed by atoms with Crippen LogP contribution in [0.5, 0.6) is 11.5 Å². The Hall–Kier alpha value is -4.24. The van der Waals surface area contributed by atoms with Gasteiger partial charge in [0, 0.05) is 12.0 Å². The predicted octanol–water partition coefficient (Wildman–Crippen LogP) is 6.56. The number of rotatable bonds is 7. The van der Waals surface area contributed by atoms with Crippen molar-refractivity contribution in [2.75, 3.05) is 11.5 Å². The number of anilines is 1. The molecule has 9 heteroatoms. The van der Waals surface area contributed by atoms with Gasteiger partial charge in [0.25, 0.3) is 5.78 Å². The van der Waals surface area contributed by atoms with E-state index in [0.29, 0.717) is 40.1 Å². The van der Waals surface area contributed by atoms with Crippen LogP contribution in [-0.2, 0) is 16.0 Å². The molecular weight excluding hydrogens is 531 g/mol. The largest absolute Gasteiger partial charge is 0.507 e. The highest BCUT2D eigenvalue weighted by atomic mass is 32.1. The van der Waals surface area contributed by atoms with Crippen molar-refractivity contribution in [3.05, 3.63) is 88.7 Å². The first-order valence-corrected chi connectivity index (χ1v) is 14.1. The Balaban J connectivity index is 1.50. The molecule has 2 aliphatic heterocycles. The molecule has 0 aliphatic carbocycles. The molecule has 0 spiro atoms. The predicted molar refractivity (Wildman–Crippen MR) is 151 cm³/mol. The first-order valence-electron chi connectivity index (χ1n) is 13.2. The van der Waals surface area contributed by atoms with E-state index >= 15 is 0 Å². The van der Waals surface area contributed by atoms with Crippen molar-refractivity contribution in [3.8, 4) is 11.5 Å². The molecule has 1 N–H and O–H groups in total. The maximum atomic E-state index is 13.9. The number of halogens is 1. The van der Waals surface area contributed by atoms with Crippen molar-refractivity contribution in [3.63, 3.8) is 0 Å². The molecule has 1 fully saturated rings. The van der Waals surface area contributed by atoms with Gasteiger partial charge >= 0.3 is 5.91 Å². The topological polar surface area (TPSA) is 89.0 Å². The monoisotopic (exact) mass is 558 g/mol. The normalized spacial score (nSPS) is 19.7. The number of amides is 1. The average molecular weight is 559 g/mol. The summed E-state index contributed by atoms with van der Waals surface area (Å²) in [5.74, 6) is -1.02. The Morgan fingerprint density at radius 1 is 1.18 bits per heavy atom. The standard InChI is InChI=1S/C31H27FN2O5S/c1-3-4-12-38-22-7-5-6-18(15-22)27-26(28(35)19-8-11-24-20(14-19)13-17(2)39-24)29(36)30(37)34(27)31-33-23-10-9-21(32)16-25(23)40-31/h5-11,14-17,27,35H,3-4,12-13H2,1-2H3/t17-,27-/m0/s1. The van der Waals surface area contributed by atoms with Gasteiger partial charge in [-0.2, -0.15) is 0 Å². The minimum atomic E-state index is -0.969. The highest BCUT2D eigenvalue weighted by Gasteiger charge is 2.48. The number of hydrogen-bond acceptors (Lipinski definition) is 7. The molecule has 1 amide bonds. The zero-order chi connectivity index (χ0) is 28.0. The van der Waals surface area contributed by atoms with E-state index in [4.69, 9.17) is 9.47 Å². The van der Waals surface area contributed by atoms with Gasteiger partial charge in [0.2, 0.25) is 0 Å². The number of benzene rings is 3. The van der Waals surface area contributed by atoms with E-state index in [9.17, 15) is 19.1 Å². The quantitative estimate of drug-likeness (QED) is 0.120.